The molecule has 0 bridgehead atoms. The molecule has 1 saturated heterocycles. The van der Waals surface area contributed by atoms with Gasteiger partial charge in [-0.1, -0.05) is 27.2 Å². The fourth-order valence-electron chi connectivity index (χ4n) is 4.25. The Balaban J connectivity index is 2.08. The van der Waals surface area contributed by atoms with Crippen LogP contribution >= 0.6 is 0 Å². The molecule has 1 heterocycles. The monoisotopic (exact) mass is 292 g/mol. The van der Waals surface area contributed by atoms with Crippen LogP contribution in [0.25, 0.3) is 0 Å². The summed E-state index contributed by atoms with van der Waals surface area (Å²) in [6.45, 7) is 9.44. The fraction of sp³-hybridized carbons (Fsp3) is 0.944. The molecule has 1 aliphatic carbocycles. The zero-order chi connectivity index (χ0) is 15.5. The van der Waals surface area contributed by atoms with E-state index in [1.807, 2.05) is 0 Å². The number of aliphatic hydroxyl groups excluding tert-OH is 1. The Bertz CT molecular complexity index is 374. The van der Waals surface area contributed by atoms with E-state index in [0.717, 1.165) is 38.3 Å². The van der Waals surface area contributed by atoms with Gasteiger partial charge in [-0.2, -0.15) is 5.26 Å². The molecule has 21 heavy (non-hydrogen) atoms. The van der Waals surface area contributed by atoms with Gasteiger partial charge in [-0.25, -0.2) is 0 Å². The van der Waals surface area contributed by atoms with Crippen molar-refractivity contribution >= 4 is 0 Å². The van der Waals surface area contributed by atoms with E-state index in [2.05, 4.69) is 31.7 Å². The van der Waals surface area contributed by atoms with E-state index < -0.39 is 0 Å². The highest BCUT2D eigenvalue weighted by Crippen LogP contribution is 2.44. The third-order valence-electron chi connectivity index (χ3n) is 6.28. The molecule has 2 aliphatic rings. The largest absolute Gasteiger partial charge is 0.396 e. The molecule has 120 valence electrons. The standard InChI is InChI=1S/C18H32N2O/c1-4-18(2,3)16-8-7-15(11-19)17(10-16)20-9-5-6-14(12-20)13-21/h14-17,21H,4-10,12-13H2,1-3H3. The maximum Gasteiger partial charge on any atom is 0.0672 e. The van der Waals surface area contributed by atoms with Crippen molar-refractivity contribution in [3.8, 4) is 6.07 Å². The van der Waals surface area contributed by atoms with Gasteiger partial charge in [0, 0.05) is 19.2 Å². The van der Waals surface area contributed by atoms with E-state index in [1.54, 1.807) is 0 Å². The van der Waals surface area contributed by atoms with E-state index in [0.29, 0.717) is 24.0 Å². The maximum atomic E-state index is 9.54. The minimum absolute atomic E-state index is 0.186. The molecule has 1 aliphatic heterocycles. The quantitative estimate of drug-likeness (QED) is 0.863. The van der Waals surface area contributed by atoms with Crippen LogP contribution in [0.5, 0.6) is 0 Å². The van der Waals surface area contributed by atoms with Crippen LogP contribution in [0.1, 0.15) is 59.3 Å². The predicted molar refractivity (Wildman–Crippen MR) is 85.7 cm³/mol. The molecule has 2 rings (SSSR count). The van der Waals surface area contributed by atoms with Gasteiger partial charge in [0.15, 0.2) is 0 Å². The van der Waals surface area contributed by atoms with E-state index in [4.69, 9.17) is 0 Å². The van der Waals surface area contributed by atoms with Crippen LogP contribution < -0.4 is 0 Å². The summed E-state index contributed by atoms with van der Waals surface area (Å²) in [5.41, 5.74) is 0.380. The molecule has 3 nitrogen and oxygen atoms in total. The highest BCUT2D eigenvalue weighted by molar-refractivity contribution is 5.00. The van der Waals surface area contributed by atoms with E-state index in [9.17, 15) is 10.4 Å². The Morgan fingerprint density at radius 3 is 2.67 bits per heavy atom. The molecule has 0 spiro atoms. The third kappa shape index (κ3) is 3.79. The summed E-state index contributed by atoms with van der Waals surface area (Å²) in [7, 11) is 0. The molecule has 1 saturated carbocycles. The van der Waals surface area contributed by atoms with Crippen molar-refractivity contribution in [1.29, 1.82) is 5.26 Å². The minimum atomic E-state index is 0.186. The Labute approximate surface area is 130 Å². The Hall–Kier alpha value is -0.590. The smallest absolute Gasteiger partial charge is 0.0672 e. The van der Waals surface area contributed by atoms with Crippen molar-refractivity contribution in [2.75, 3.05) is 19.7 Å². The third-order valence-corrected chi connectivity index (χ3v) is 6.28. The van der Waals surface area contributed by atoms with Crippen LogP contribution in [0.4, 0.5) is 0 Å². The Kier molecular flexibility index (Phi) is 5.68. The molecule has 0 aromatic carbocycles. The second kappa shape index (κ2) is 7.11. The van der Waals surface area contributed by atoms with Crippen molar-refractivity contribution in [3.05, 3.63) is 0 Å². The van der Waals surface area contributed by atoms with Crippen LogP contribution in [0.2, 0.25) is 0 Å². The average molecular weight is 292 g/mol. The molecule has 0 amide bonds. The first-order valence-electron chi connectivity index (χ1n) is 8.76. The topological polar surface area (TPSA) is 47.3 Å². The second-order valence-corrected chi connectivity index (χ2v) is 7.84. The lowest BCUT2D eigenvalue weighted by atomic mass is 9.65. The average Bonchev–Trinajstić information content (AvgIpc) is 2.54. The number of rotatable bonds is 4. The van der Waals surface area contributed by atoms with Gasteiger partial charge in [0.1, 0.15) is 0 Å². The van der Waals surface area contributed by atoms with Crippen LogP contribution in [0.15, 0.2) is 0 Å². The summed E-state index contributed by atoms with van der Waals surface area (Å²) < 4.78 is 0. The molecule has 2 fully saturated rings. The molecule has 1 N–H and O–H groups in total. The molecule has 4 unspecified atom stereocenters. The van der Waals surface area contributed by atoms with Gasteiger partial charge in [-0.05, 0) is 55.9 Å². The first kappa shape index (κ1) is 16.8. The van der Waals surface area contributed by atoms with Crippen molar-refractivity contribution in [1.82, 2.24) is 4.90 Å². The first-order valence-corrected chi connectivity index (χ1v) is 8.76. The van der Waals surface area contributed by atoms with Crippen molar-refractivity contribution in [3.63, 3.8) is 0 Å². The zero-order valence-electron chi connectivity index (χ0n) is 14.0. The normalized spacial score (nSPS) is 35.4. The van der Waals surface area contributed by atoms with E-state index in [-0.39, 0.29) is 5.92 Å². The minimum Gasteiger partial charge on any atom is -0.396 e. The van der Waals surface area contributed by atoms with Crippen LogP contribution in [-0.4, -0.2) is 35.7 Å². The fourth-order valence-corrected chi connectivity index (χ4v) is 4.25. The van der Waals surface area contributed by atoms with Crippen molar-refractivity contribution in [2.24, 2.45) is 23.2 Å². The molecule has 3 heteroatoms. The zero-order valence-corrected chi connectivity index (χ0v) is 14.0. The van der Waals surface area contributed by atoms with Gasteiger partial charge < -0.3 is 5.11 Å². The lowest BCUT2D eigenvalue weighted by Gasteiger charge is -2.47. The van der Waals surface area contributed by atoms with Crippen LogP contribution in [0.3, 0.4) is 0 Å². The van der Waals surface area contributed by atoms with Gasteiger partial charge in [0.05, 0.1) is 12.0 Å². The number of nitrogens with zero attached hydrogens (tertiary/aromatic N) is 2. The van der Waals surface area contributed by atoms with Crippen LogP contribution in [0, 0.1) is 34.5 Å². The number of likely N-dealkylation sites (tertiary alicyclic amines) is 1. The highest BCUT2D eigenvalue weighted by Gasteiger charge is 2.40. The van der Waals surface area contributed by atoms with Gasteiger partial charge in [-0.15, -0.1) is 0 Å². The Morgan fingerprint density at radius 2 is 2.05 bits per heavy atom. The number of aliphatic hydroxyl groups is 1. The molecular formula is C18H32N2O. The van der Waals surface area contributed by atoms with Crippen molar-refractivity contribution < 1.29 is 5.11 Å². The number of nitriles is 1. The van der Waals surface area contributed by atoms with Gasteiger partial charge in [0.25, 0.3) is 0 Å². The van der Waals surface area contributed by atoms with E-state index >= 15 is 0 Å². The lowest BCUT2D eigenvalue weighted by molar-refractivity contribution is 0.0192. The number of hydrogen-bond donors (Lipinski definition) is 1. The maximum absolute atomic E-state index is 9.54. The first-order chi connectivity index (χ1) is 10.0. The van der Waals surface area contributed by atoms with Gasteiger partial charge in [0.2, 0.25) is 0 Å². The molecule has 0 radical (unpaired) electrons. The summed E-state index contributed by atoms with van der Waals surface area (Å²) in [4.78, 5) is 2.52. The van der Waals surface area contributed by atoms with Gasteiger partial charge >= 0.3 is 0 Å². The summed E-state index contributed by atoms with van der Waals surface area (Å²) >= 11 is 0. The molecule has 4 atom stereocenters. The molecule has 0 aromatic rings. The van der Waals surface area contributed by atoms with E-state index in [1.165, 1.54) is 19.3 Å². The second-order valence-electron chi connectivity index (χ2n) is 7.84. The predicted octanol–water partition coefficient (Wildman–Crippen LogP) is 3.44. The van der Waals surface area contributed by atoms with Crippen molar-refractivity contribution in [2.45, 2.75) is 65.3 Å². The summed E-state index contributed by atoms with van der Waals surface area (Å²) in [5.74, 6) is 1.33. The number of piperidine rings is 1. The lowest BCUT2D eigenvalue weighted by Crippen LogP contribution is -2.50. The highest BCUT2D eigenvalue weighted by atomic mass is 16.3. The molecule has 0 aromatic heterocycles. The summed E-state index contributed by atoms with van der Waals surface area (Å²) in [5, 5.41) is 19.0. The molecular weight excluding hydrogens is 260 g/mol. The Morgan fingerprint density at radius 1 is 1.29 bits per heavy atom. The summed E-state index contributed by atoms with van der Waals surface area (Å²) in [6.07, 6.45) is 6.93. The van der Waals surface area contributed by atoms with Gasteiger partial charge in [-0.3, -0.25) is 4.90 Å². The SMILES string of the molecule is CCC(C)(C)C1CCC(C#N)C(N2CCCC(CO)C2)C1. The summed E-state index contributed by atoms with van der Waals surface area (Å²) in [6, 6.07) is 2.98. The van der Waals surface area contributed by atoms with Crippen LogP contribution in [-0.2, 0) is 0 Å². The number of hydrogen-bond acceptors (Lipinski definition) is 3.